The lowest BCUT2D eigenvalue weighted by Gasteiger charge is -2.10. The number of aliphatic imine (C=N–C) groups is 1. The second-order valence-electron chi connectivity index (χ2n) is 4.76. The number of nitrogens with zero attached hydrogens (tertiary/aromatic N) is 2. The summed E-state index contributed by atoms with van der Waals surface area (Å²) < 4.78 is 5.30. The van der Waals surface area contributed by atoms with Gasteiger partial charge in [-0.25, -0.2) is 4.99 Å². The molecule has 5 nitrogen and oxygen atoms in total. The molecule has 0 radical (unpaired) electrons. The van der Waals surface area contributed by atoms with Gasteiger partial charge in [0.1, 0.15) is 5.76 Å². The standard InChI is InChI=1S/C17H20N4O/c1-2-19-17(20-10-9-16-4-3-11-22-16)21-13-15-7-5-14(12-18)6-8-15/h3-8,11H,2,9-10,13H2,1H3,(H2,19,20,21). The minimum atomic E-state index is 0.571. The highest BCUT2D eigenvalue weighted by atomic mass is 16.3. The fourth-order valence-corrected chi connectivity index (χ4v) is 1.96. The van der Waals surface area contributed by atoms with Crippen LogP contribution in [0.25, 0.3) is 0 Å². The van der Waals surface area contributed by atoms with Crippen molar-refractivity contribution in [2.75, 3.05) is 13.1 Å². The SMILES string of the molecule is CCNC(=NCc1ccc(C#N)cc1)NCCc1ccco1. The van der Waals surface area contributed by atoms with Gasteiger partial charge in [-0.05, 0) is 36.8 Å². The van der Waals surface area contributed by atoms with Gasteiger partial charge in [0.05, 0.1) is 24.4 Å². The van der Waals surface area contributed by atoms with E-state index in [-0.39, 0.29) is 0 Å². The predicted molar refractivity (Wildman–Crippen MR) is 86.4 cm³/mol. The van der Waals surface area contributed by atoms with Gasteiger partial charge in [0, 0.05) is 19.5 Å². The maximum atomic E-state index is 8.79. The average molecular weight is 296 g/mol. The smallest absolute Gasteiger partial charge is 0.191 e. The van der Waals surface area contributed by atoms with Crippen LogP contribution in [0.5, 0.6) is 0 Å². The van der Waals surface area contributed by atoms with Crippen LogP contribution in [0.3, 0.4) is 0 Å². The quantitative estimate of drug-likeness (QED) is 0.634. The van der Waals surface area contributed by atoms with Gasteiger partial charge < -0.3 is 15.1 Å². The lowest BCUT2D eigenvalue weighted by molar-refractivity contribution is 0.507. The van der Waals surface area contributed by atoms with Gasteiger partial charge in [-0.2, -0.15) is 5.26 Å². The molecular formula is C17H20N4O. The Balaban J connectivity index is 1.86. The molecule has 22 heavy (non-hydrogen) atoms. The van der Waals surface area contributed by atoms with Gasteiger partial charge in [-0.3, -0.25) is 0 Å². The van der Waals surface area contributed by atoms with E-state index < -0.39 is 0 Å². The second-order valence-corrected chi connectivity index (χ2v) is 4.76. The van der Waals surface area contributed by atoms with Crippen LogP contribution in [-0.4, -0.2) is 19.0 Å². The number of hydrogen-bond donors (Lipinski definition) is 2. The third-order valence-corrected chi connectivity index (χ3v) is 3.09. The third kappa shape index (κ3) is 4.98. The van der Waals surface area contributed by atoms with Crippen molar-refractivity contribution in [2.45, 2.75) is 19.9 Å². The molecule has 0 amide bonds. The summed E-state index contributed by atoms with van der Waals surface area (Å²) >= 11 is 0. The molecule has 1 heterocycles. The highest BCUT2D eigenvalue weighted by Gasteiger charge is 2.00. The van der Waals surface area contributed by atoms with Crippen LogP contribution in [-0.2, 0) is 13.0 Å². The minimum Gasteiger partial charge on any atom is -0.469 e. The third-order valence-electron chi connectivity index (χ3n) is 3.09. The number of nitrogens with one attached hydrogen (secondary N) is 2. The zero-order valence-corrected chi connectivity index (χ0v) is 12.7. The summed E-state index contributed by atoms with van der Waals surface area (Å²) in [7, 11) is 0. The molecule has 0 saturated carbocycles. The molecule has 0 fully saturated rings. The Hall–Kier alpha value is -2.74. The summed E-state index contributed by atoms with van der Waals surface area (Å²) in [6, 6.07) is 13.4. The van der Waals surface area contributed by atoms with Crippen molar-refractivity contribution in [3.05, 3.63) is 59.5 Å². The molecule has 2 rings (SSSR count). The van der Waals surface area contributed by atoms with E-state index in [2.05, 4.69) is 21.7 Å². The van der Waals surface area contributed by atoms with Crippen molar-refractivity contribution in [3.8, 4) is 6.07 Å². The van der Waals surface area contributed by atoms with Gasteiger partial charge in [0.25, 0.3) is 0 Å². The van der Waals surface area contributed by atoms with Crippen molar-refractivity contribution in [1.82, 2.24) is 10.6 Å². The Morgan fingerprint density at radius 1 is 1.23 bits per heavy atom. The van der Waals surface area contributed by atoms with Crippen LogP contribution in [0.4, 0.5) is 0 Å². The van der Waals surface area contributed by atoms with Gasteiger partial charge >= 0.3 is 0 Å². The number of benzene rings is 1. The molecule has 1 aromatic carbocycles. The van der Waals surface area contributed by atoms with E-state index in [0.717, 1.165) is 36.8 Å². The topological polar surface area (TPSA) is 73.3 Å². The molecule has 0 aliphatic rings. The summed E-state index contributed by atoms with van der Waals surface area (Å²) in [5, 5.41) is 15.3. The van der Waals surface area contributed by atoms with Gasteiger partial charge in [-0.1, -0.05) is 12.1 Å². The molecule has 2 aromatic rings. The summed E-state index contributed by atoms with van der Waals surface area (Å²) in [6.07, 6.45) is 2.49. The number of hydrogen-bond acceptors (Lipinski definition) is 3. The van der Waals surface area contributed by atoms with Crippen molar-refractivity contribution >= 4 is 5.96 Å². The van der Waals surface area contributed by atoms with Crippen molar-refractivity contribution in [1.29, 1.82) is 5.26 Å². The zero-order chi connectivity index (χ0) is 15.6. The van der Waals surface area contributed by atoms with E-state index in [0.29, 0.717) is 12.1 Å². The summed E-state index contributed by atoms with van der Waals surface area (Å²) in [6.45, 7) is 4.17. The van der Waals surface area contributed by atoms with Gasteiger partial charge in [0.15, 0.2) is 5.96 Å². The molecule has 1 aromatic heterocycles. The van der Waals surface area contributed by atoms with E-state index in [9.17, 15) is 0 Å². The van der Waals surface area contributed by atoms with Gasteiger partial charge in [0.2, 0.25) is 0 Å². The van der Waals surface area contributed by atoms with E-state index in [1.807, 2.05) is 43.3 Å². The molecule has 5 heteroatoms. The molecule has 114 valence electrons. The molecule has 0 atom stereocenters. The fourth-order valence-electron chi connectivity index (χ4n) is 1.96. The Bertz CT molecular complexity index is 624. The van der Waals surface area contributed by atoms with E-state index in [4.69, 9.17) is 9.68 Å². The van der Waals surface area contributed by atoms with Gasteiger partial charge in [-0.15, -0.1) is 0 Å². The van der Waals surface area contributed by atoms with Crippen LogP contribution in [0.2, 0.25) is 0 Å². The second kappa shape index (κ2) is 8.53. The normalized spacial score (nSPS) is 11.0. The van der Waals surface area contributed by atoms with Crippen LogP contribution in [0, 0.1) is 11.3 Å². The predicted octanol–water partition coefficient (Wildman–Crippen LogP) is 2.45. The molecule has 0 aliphatic heterocycles. The summed E-state index contributed by atoms with van der Waals surface area (Å²) in [4.78, 5) is 4.54. The Labute approximate surface area is 130 Å². The zero-order valence-electron chi connectivity index (χ0n) is 12.7. The maximum absolute atomic E-state index is 8.79. The monoisotopic (exact) mass is 296 g/mol. The summed E-state index contributed by atoms with van der Waals surface area (Å²) in [5.41, 5.74) is 1.73. The first-order valence-corrected chi connectivity index (χ1v) is 7.35. The van der Waals surface area contributed by atoms with Crippen molar-refractivity contribution in [3.63, 3.8) is 0 Å². The number of nitriles is 1. The average Bonchev–Trinajstić information content (AvgIpc) is 3.06. The first-order valence-electron chi connectivity index (χ1n) is 7.35. The molecule has 0 unspecified atom stereocenters. The Kier molecular flexibility index (Phi) is 6.06. The number of guanidine groups is 1. The Morgan fingerprint density at radius 2 is 2.05 bits per heavy atom. The fraction of sp³-hybridized carbons (Fsp3) is 0.294. The lowest BCUT2D eigenvalue weighted by Crippen LogP contribution is -2.38. The number of rotatable bonds is 6. The van der Waals surface area contributed by atoms with E-state index >= 15 is 0 Å². The first kappa shape index (κ1) is 15.6. The van der Waals surface area contributed by atoms with Crippen LogP contribution < -0.4 is 10.6 Å². The maximum Gasteiger partial charge on any atom is 0.191 e. The van der Waals surface area contributed by atoms with Crippen molar-refractivity contribution in [2.24, 2.45) is 4.99 Å². The van der Waals surface area contributed by atoms with E-state index in [1.54, 1.807) is 6.26 Å². The largest absolute Gasteiger partial charge is 0.469 e. The molecule has 0 spiro atoms. The lowest BCUT2D eigenvalue weighted by atomic mass is 10.1. The van der Waals surface area contributed by atoms with Crippen molar-refractivity contribution < 1.29 is 4.42 Å². The molecular weight excluding hydrogens is 276 g/mol. The first-order chi connectivity index (χ1) is 10.8. The number of furan rings is 1. The Morgan fingerprint density at radius 3 is 2.68 bits per heavy atom. The highest BCUT2D eigenvalue weighted by Crippen LogP contribution is 2.04. The molecule has 0 aliphatic carbocycles. The summed E-state index contributed by atoms with van der Waals surface area (Å²) in [5.74, 6) is 1.73. The molecule has 2 N–H and O–H groups in total. The van der Waals surface area contributed by atoms with Crippen LogP contribution in [0.15, 0.2) is 52.1 Å². The van der Waals surface area contributed by atoms with Crippen LogP contribution >= 0.6 is 0 Å². The van der Waals surface area contributed by atoms with Crippen LogP contribution in [0.1, 0.15) is 23.8 Å². The highest BCUT2D eigenvalue weighted by molar-refractivity contribution is 5.79. The minimum absolute atomic E-state index is 0.571. The molecule has 0 saturated heterocycles. The van der Waals surface area contributed by atoms with E-state index in [1.165, 1.54) is 0 Å². The molecule has 0 bridgehead atoms.